The van der Waals surface area contributed by atoms with E-state index in [-0.39, 0.29) is 6.04 Å². The summed E-state index contributed by atoms with van der Waals surface area (Å²) in [5.41, 5.74) is 2.95. The number of H-pyrrole nitrogens is 1. The highest BCUT2D eigenvalue weighted by Crippen LogP contribution is 2.25. The third kappa shape index (κ3) is 2.17. The second-order valence-corrected chi connectivity index (χ2v) is 5.22. The average Bonchev–Trinajstić information content (AvgIpc) is 2.74. The molecule has 3 rings (SSSR count). The number of benzene rings is 1. The zero-order valence-electron chi connectivity index (χ0n) is 10.3. The molecule has 3 aromatic rings. The van der Waals surface area contributed by atoms with Crippen molar-refractivity contribution in [2.45, 2.75) is 13.0 Å². The molecule has 0 saturated carbocycles. The molecule has 3 nitrogen and oxygen atoms in total. The van der Waals surface area contributed by atoms with Gasteiger partial charge in [-0.3, -0.25) is 4.98 Å². The van der Waals surface area contributed by atoms with Crippen molar-refractivity contribution in [2.24, 2.45) is 0 Å². The van der Waals surface area contributed by atoms with Crippen LogP contribution in [0.1, 0.15) is 18.7 Å². The third-order valence-electron chi connectivity index (χ3n) is 3.18. The van der Waals surface area contributed by atoms with Gasteiger partial charge >= 0.3 is 0 Å². The van der Waals surface area contributed by atoms with Gasteiger partial charge in [-0.1, -0.05) is 17.7 Å². The van der Waals surface area contributed by atoms with Gasteiger partial charge < -0.3 is 9.55 Å². The number of aromatic amines is 1. The Morgan fingerprint density at radius 3 is 2.89 bits per heavy atom. The number of halogens is 1. The molecule has 0 saturated heterocycles. The van der Waals surface area contributed by atoms with Gasteiger partial charge in [-0.05, 0) is 49.5 Å². The van der Waals surface area contributed by atoms with Crippen molar-refractivity contribution in [1.82, 2.24) is 14.5 Å². The Bertz CT molecular complexity index is 776. The minimum absolute atomic E-state index is 0.0564. The van der Waals surface area contributed by atoms with Gasteiger partial charge in [-0.25, -0.2) is 0 Å². The number of nitrogens with one attached hydrogen (secondary N) is 1. The number of hydrogen-bond acceptors (Lipinski definition) is 2. The first-order valence-corrected chi connectivity index (χ1v) is 6.76. The molecule has 0 fully saturated rings. The third-order valence-corrected chi connectivity index (χ3v) is 3.72. The fraction of sp³-hybridized carbons (Fsp3) is 0.143. The van der Waals surface area contributed by atoms with Crippen LogP contribution in [0.15, 0.2) is 42.6 Å². The molecule has 0 amide bonds. The number of imidazole rings is 1. The van der Waals surface area contributed by atoms with Crippen molar-refractivity contribution in [2.75, 3.05) is 0 Å². The Balaban J connectivity index is 2.22. The first kappa shape index (κ1) is 12.4. The van der Waals surface area contributed by atoms with Crippen LogP contribution in [-0.4, -0.2) is 14.5 Å². The Labute approximate surface area is 120 Å². The topological polar surface area (TPSA) is 33.6 Å². The number of nitrogens with zero attached hydrogens (tertiary/aromatic N) is 2. The SMILES string of the molecule is CC(c1ccccn1)n1c(=S)[nH]c2ccc(Cl)cc21. The number of aromatic nitrogens is 3. The normalized spacial score (nSPS) is 12.7. The molecule has 5 heteroatoms. The first-order chi connectivity index (χ1) is 9.16. The van der Waals surface area contributed by atoms with E-state index in [0.717, 1.165) is 16.7 Å². The molecule has 1 aromatic carbocycles. The number of hydrogen-bond donors (Lipinski definition) is 1. The summed E-state index contributed by atoms with van der Waals surface area (Å²) in [6, 6.07) is 11.6. The molecule has 0 spiro atoms. The maximum absolute atomic E-state index is 6.07. The second kappa shape index (κ2) is 4.79. The fourth-order valence-electron chi connectivity index (χ4n) is 2.23. The monoisotopic (exact) mass is 289 g/mol. The van der Waals surface area contributed by atoms with E-state index in [1.165, 1.54) is 0 Å². The summed E-state index contributed by atoms with van der Waals surface area (Å²) in [4.78, 5) is 7.59. The molecule has 1 atom stereocenters. The van der Waals surface area contributed by atoms with Crippen LogP contribution in [0.5, 0.6) is 0 Å². The summed E-state index contributed by atoms with van der Waals surface area (Å²) in [6.07, 6.45) is 1.79. The van der Waals surface area contributed by atoms with E-state index in [9.17, 15) is 0 Å². The zero-order chi connectivity index (χ0) is 13.4. The van der Waals surface area contributed by atoms with Crippen molar-refractivity contribution in [3.05, 3.63) is 58.1 Å². The summed E-state index contributed by atoms with van der Waals surface area (Å²) in [7, 11) is 0. The lowest BCUT2D eigenvalue weighted by molar-refractivity contribution is 0.630. The van der Waals surface area contributed by atoms with Crippen LogP contribution in [0, 0.1) is 4.77 Å². The van der Waals surface area contributed by atoms with Gasteiger partial charge in [0, 0.05) is 11.2 Å². The van der Waals surface area contributed by atoms with Gasteiger partial charge in [0.05, 0.1) is 22.8 Å². The predicted molar refractivity (Wildman–Crippen MR) is 80.2 cm³/mol. The maximum atomic E-state index is 6.07. The number of pyridine rings is 1. The van der Waals surface area contributed by atoms with E-state index in [1.807, 2.05) is 41.0 Å². The highest BCUT2D eigenvalue weighted by molar-refractivity contribution is 7.71. The lowest BCUT2D eigenvalue weighted by Gasteiger charge is -2.14. The smallest absolute Gasteiger partial charge is 0.178 e. The van der Waals surface area contributed by atoms with Crippen LogP contribution in [-0.2, 0) is 0 Å². The summed E-state index contributed by atoms with van der Waals surface area (Å²) in [6.45, 7) is 2.08. The van der Waals surface area contributed by atoms with E-state index >= 15 is 0 Å². The van der Waals surface area contributed by atoms with E-state index in [2.05, 4.69) is 16.9 Å². The summed E-state index contributed by atoms with van der Waals surface area (Å²) in [5.74, 6) is 0. The summed E-state index contributed by atoms with van der Waals surface area (Å²) >= 11 is 11.5. The minimum Gasteiger partial charge on any atom is -0.331 e. The van der Waals surface area contributed by atoms with Crippen LogP contribution in [0.25, 0.3) is 11.0 Å². The Hall–Kier alpha value is -1.65. The minimum atomic E-state index is 0.0564. The van der Waals surface area contributed by atoms with Gasteiger partial charge in [0.25, 0.3) is 0 Å². The van der Waals surface area contributed by atoms with Gasteiger partial charge in [-0.15, -0.1) is 0 Å². The molecule has 0 bridgehead atoms. The van der Waals surface area contributed by atoms with Crippen LogP contribution in [0.4, 0.5) is 0 Å². The highest BCUT2D eigenvalue weighted by atomic mass is 35.5. The van der Waals surface area contributed by atoms with E-state index in [1.54, 1.807) is 6.20 Å². The Kier molecular flexibility index (Phi) is 3.12. The van der Waals surface area contributed by atoms with Gasteiger partial charge in [0.2, 0.25) is 0 Å². The van der Waals surface area contributed by atoms with Crippen molar-refractivity contribution in [3.63, 3.8) is 0 Å². The van der Waals surface area contributed by atoms with E-state index < -0.39 is 0 Å². The van der Waals surface area contributed by atoms with Gasteiger partial charge in [0.1, 0.15) is 0 Å². The van der Waals surface area contributed by atoms with Gasteiger partial charge in [0.15, 0.2) is 4.77 Å². The molecule has 0 aliphatic heterocycles. The molecule has 1 unspecified atom stereocenters. The highest BCUT2D eigenvalue weighted by Gasteiger charge is 2.14. The molecule has 0 aliphatic carbocycles. The average molecular weight is 290 g/mol. The molecule has 0 radical (unpaired) electrons. The lowest BCUT2D eigenvalue weighted by Crippen LogP contribution is -2.08. The van der Waals surface area contributed by atoms with Crippen molar-refractivity contribution >= 4 is 34.9 Å². The number of fused-ring (bicyclic) bond motifs is 1. The van der Waals surface area contributed by atoms with Crippen molar-refractivity contribution in [3.8, 4) is 0 Å². The summed E-state index contributed by atoms with van der Waals surface area (Å²) in [5, 5.41) is 0.698. The molecule has 0 aliphatic rings. The fourth-order valence-corrected chi connectivity index (χ4v) is 2.77. The van der Waals surface area contributed by atoms with Crippen LogP contribution in [0.2, 0.25) is 5.02 Å². The van der Waals surface area contributed by atoms with Crippen LogP contribution < -0.4 is 0 Å². The molecule has 2 heterocycles. The molecular formula is C14H12ClN3S. The van der Waals surface area contributed by atoms with E-state index in [0.29, 0.717) is 9.79 Å². The molecule has 96 valence electrons. The molecular weight excluding hydrogens is 278 g/mol. The number of rotatable bonds is 2. The van der Waals surface area contributed by atoms with Crippen LogP contribution >= 0.6 is 23.8 Å². The largest absolute Gasteiger partial charge is 0.331 e. The Morgan fingerprint density at radius 2 is 2.16 bits per heavy atom. The quantitative estimate of drug-likeness (QED) is 0.711. The first-order valence-electron chi connectivity index (χ1n) is 5.97. The standard InChI is InChI=1S/C14H12ClN3S/c1-9(11-4-2-3-7-16-11)18-13-8-10(15)5-6-12(13)17-14(18)19/h2-9H,1H3,(H,17,19). The zero-order valence-corrected chi connectivity index (χ0v) is 11.9. The van der Waals surface area contributed by atoms with Crippen molar-refractivity contribution in [1.29, 1.82) is 0 Å². The van der Waals surface area contributed by atoms with Crippen LogP contribution in [0.3, 0.4) is 0 Å². The maximum Gasteiger partial charge on any atom is 0.178 e. The molecule has 19 heavy (non-hydrogen) atoms. The summed E-state index contributed by atoms with van der Waals surface area (Å²) < 4.78 is 2.72. The molecule has 1 N–H and O–H groups in total. The van der Waals surface area contributed by atoms with Gasteiger partial charge in [-0.2, -0.15) is 0 Å². The predicted octanol–water partition coefficient (Wildman–Crippen LogP) is 4.36. The second-order valence-electron chi connectivity index (χ2n) is 4.39. The van der Waals surface area contributed by atoms with E-state index in [4.69, 9.17) is 23.8 Å². The van der Waals surface area contributed by atoms with Crippen molar-refractivity contribution < 1.29 is 0 Å². The lowest BCUT2D eigenvalue weighted by atomic mass is 10.2. The Morgan fingerprint density at radius 1 is 1.32 bits per heavy atom. The molecule has 2 aromatic heterocycles.